The monoisotopic (exact) mass is 288 g/mol. The number of ketones is 1. The van der Waals surface area contributed by atoms with Gasteiger partial charge in [0.05, 0.1) is 6.04 Å². The SMILES string of the molecule is CCC(C(=O)c1ccccc1)N1CCN(C(C)(C)C)CC1. The predicted octanol–water partition coefficient (Wildman–Crippen LogP) is 3.06. The lowest BCUT2D eigenvalue weighted by atomic mass is 9.99. The zero-order valence-corrected chi connectivity index (χ0v) is 13.8. The molecule has 0 saturated carbocycles. The van der Waals surface area contributed by atoms with Crippen molar-refractivity contribution in [1.82, 2.24) is 9.80 Å². The van der Waals surface area contributed by atoms with Crippen molar-refractivity contribution >= 4 is 5.78 Å². The molecule has 1 unspecified atom stereocenters. The van der Waals surface area contributed by atoms with Gasteiger partial charge in [-0.15, -0.1) is 0 Å². The number of hydrogen-bond donors (Lipinski definition) is 0. The molecule has 0 aromatic heterocycles. The molecule has 0 bridgehead atoms. The molecule has 1 aliphatic heterocycles. The third kappa shape index (κ3) is 3.92. The fraction of sp³-hybridized carbons (Fsp3) is 0.611. The van der Waals surface area contributed by atoms with E-state index >= 15 is 0 Å². The Morgan fingerprint density at radius 1 is 1.10 bits per heavy atom. The van der Waals surface area contributed by atoms with E-state index in [-0.39, 0.29) is 17.4 Å². The van der Waals surface area contributed by atoms with Gasteiger partial charge in [0, 0.05) is 37.3 Å². The van der Waals surface area contributed by atoms with Crippen LogP contribution in [0.1, 0.15) is 44.5 Å². The average molecular weight is 288 g/mol. The highest BCUT2D eigenvalue weighted by atomic mass is 16.1. The Balaban J connectivity index is 2.02. The van der Waals surface area contributed by atoms with E-state index in [2.05, 4.69) is 37.5 Å². The molecule has 3 heteroatoms. The highest BCUT2D eigenvalue weighted by Gasteiger charge is 2.31. The molecule has 3 nitrogen and oxygen atoms in total. The lowest BCUT2D eigenvalue weighted by molar-refractivity contribution is 0.0381. The second-order valence-electron chi connectivity index (χ2n) is 6.85. The quantitative estimate of drug-likeness (QED) is 0.796. The van der Waals surface area contributed by atoms with Crippen molar-refractivity contribution in [3.8, 4) is 0 Å². The van der Waals surface area contributed by atoms with E-state index < -0.39 is 0 Å². The Kier molecular flexibility index (Phi) is 5.17. The first-order chi connectivity index (χ1) is 9.93. The summed E-state index contributed by atoms with van der Waals surface area (Å²) in [5.74, 6) is 0.266. The maximum Gasteiger partial charge on any atom is 0.179 e. The van der Waals surface area contributed by atoms with E-state index in [4.69, 9.17) is 0 Å². The Morgan fingerprint density at radius 3 is 2.14 bits per heavy atom. The Hall–Kier alpha value is -1.19. The first kappa shape index (κ1) is 16.2. The molecule has 21 heavy (non-hydrogen) atoms. The number of Topliss-reactive ketones (excluding diaryl/α,β-unsaturated/α-hetero) is 1. The zero-order valence-electron chi connectivity index (χ0n) is 13.8. The molecule has 0 radical (unpaired) electrons. The minimum absolute atomic E-state index is 0.0227. The van der Waals surface area contributed by atoms with Gasteiger partial charge in [-0.1, -0.05) is 37.3 Å². The standard InChI is InChI=1S/C18H28N2O/c1-5-16(17(21)15-9-7-6-8-10-15)19-11-13-20(14-12-19)18(2,3)4/h6-10,16H,5,11-14H2,1-4H3. The van der Waals surface area contributed by atoms with Crippen LogP contribution in [0.3, 0.4) is 0 Å². The summed E-state index contributed by atoms with van der Waals surface area (Å²) in [5.41, 5.74) is 1.06. The summed E-state index contributed by atoms with van der Waals surface area (Å²) < 4.78 is 0. The van der Waals surface area contributed by atoms with Crippen LogP contribution in [0.4, 0.5) is 0 Å². The Morgan fingerprint density at radius 2 is 1.67 bits per heavy atom. The summed E-state index contributed by atoms with van der Waals surface area (Å²) in [7, 11) is 0. The summed E-state index contributed by atoms with van der Waals surface area (Å²) in [6.45, 7) is 12.9. The van der Waals surface area contributed by atoms with E-state index in [1.807, 2.05) is 30.3 Å². The van der Waals surface area contributed by atoms with Gasteiger partial charge in [0.15, 0.2) is 5.78 Å². The smallest absolute Gasteiger partial charge is 0.179 e. The molecule has 1 aliphatic rings. The molecule has 0 aliphatic carbocycles. The van der Waals surface area contributed by atoms with Crippen LogP contribution in [0.15, 0.2) is 30.3 Å². The molecule has 0 N–H and O–H groups in total. The Labute approximate surface area is 128 Å². The molecule has 0 spiro atoms. The number of carbonyl (C=O) groups is 1. The predicted molar refractivity (Wildman–Crippen MR) is 87.8 cm³/mol. The maximum atomic E-state index is 12.7. The fourth-order valence-electron chi connectivity index (χ4n) is 3.11. The van der Waals surface area contributed by atoms with E-state index in [1.54, 1.807) is 0 Å². The van der Waals surface area contributed by atoms with Crippen molar-refractivity contribution in [3.63, 3.8) is 0 Å². The molecule has 1 aromatic carbocycles. The number of rotatable bonds is 4. The zero-order chi connectivity index (χ0) is 15.5. The summed E-state index contributed by atoms with van der Waals surface area (Å²) in [5, 5.41) is 0. The van der Waals surface area contributed by atoms with E-state index in [0.717, 1.165) is 38.2 Å². The van der Waals surface area contributed by atoms with Crippen molar-refractivity contribution in [3.05, 3.63) is 35.9 Å². The van der Waals surface area contributed by atoms with Crippen molar-refractivity contribution < 1.29 is 4.79 Å². The summed E-state index contributed by atoms with van der Waals surface area (Å²) in [6.07, 6.45) is 0.878. The van der Waals surface area contributed by atoms with Crippen LogP contribution in [-0.2, 0) is 0 Å². The van der Waals surface area contributed by atoms with E-state index in [9.17, 15) is 4.79 Å². The summed E-state index contributed by atoms with van der Waals surface area (Å²) in [6, 6.07) is 9.72. The van der Waals surface area contributed by atoms with Crippen molar-refractivity contribution in [2.45, 2.75) is 45.7 Å². The van der Waals surface area contributed by atoms with Gasteiger partial charge in [-0.2, -0.15) is 0 Å². The van der Waals surface area contributed by atoms with Crippen LogP contribution in [0.5, 0.6) is 0 Å². The van der Waals surface area contributed by atoms with Crippen molar-refractivity contribution in [2.75, 3.05) is 26.2 Å². The number of benzene rings is 1. The molecule has 1 fully saturated rings. The first-order valence-electron chi connectivity index (χ1n) is 8.02. The van der Waals surface area contributed by atoms with Gasteiger partial charge in [-0.3, -0.25) is 14.6 Å². The van der Waals surface area contributed by atoms with E-state index in [1.165, 1.54) is 0 Å². The Bertz CT molecular complexity index is 456. The topological polar surface area (TPSA) is 23.6 Å². The van der Waals surface area contributed by atoms with Gasteiger partial charge in [0.25, 0.3) is 0 Å². The lowest BCUT2D eigenvalue weighted by Gasteiger charge is -2.44. The minimum atomic E-state index is 0.0227. The third-order valence-electron chi connectivity index (χ3n) is 4.45. The normalized spacial score (nSPS) is 19.4. The molecular formula is C18H28N2O. The van der Waals surface area contributed by atoms with Gasteiger partial charge in [0.2, 0.25) is 0 Å². The van der Waals surface area contributed by atoms with Gasteiger partial charge in [-0.25, -0.2) is 0 Å². The van der Waals surface area contributed by atoms with Gasteiger partial charge < -0.3 is 0 Å². The molecule has 1 heterocycles. The van der Waals surface area contributed by atoms with Crippen LogP contribution in [0.25, 0.3) is 0 Å². The largest absolute Gasteiger partial charge is 0.296 e. The van der Waals surface area contributed by atoms with Gasteiger partial charge in [-0.05, 0) is 27.2 Å². The first-order valence-corrected chi connectivity index (χ1v) is 8.02. The lowest BCUT2D eigenvalue weighted by Crippen LogP contribution is -2.56. The maximum absolute atomic E-state index is 12.7. The molecular weight excluding hydrogens is 260 g/mol. The van der Waals surface area contributed by atoms with Gasteiger partial charge >= 0.3 is 0 Å². The number of piperazine rings is 1. The summed E-state index contributed by atoms with van der Waals surface area (Å²) >= 11 is 0. The molecule has 1 atom stereocenters. The minimum Gasteiger partial charge on any atom is -0.296 e. The molecule has 1 saturated heterocycles. The molecule has 0 amide bonds. The fourth-order valence-corrected chi connectivity index (χ4v) is 3.11. The number of nitrogens with zero attached hydrogens (tertiary/aromatic N) is 2. The van der Waals surface area contributed by atoms with Crippen molar-refractivity contribution in [2.24, 2.45) is 0 Å². The molecule has 1 aromatic rings. The van der Waals surface area contributed by atoms with Crippen LogP contribution in [0.2, 0.25) is 0 Å². The van der Waals surface area contributed by atoms with Crippen LogP contribution < -0.4 is 0 Å². The van der Waals surface area contributed by atoms with Gasteiger partial charge in [0.1, 0.15) is 0 Å². The number of carbonyl (C=O) groups excluding carboxylic acids is 1. The van der Waals surface area contributed by atoms with Crippen molar-refractivity contribution in [1.29, 1.82) is 0 Å². The van der Waals surface area contributed by atoms with E-state index in [0.29, 0.717) is 0 Å². The highest BCUT2D eigenvalue weighted by Crippen LogP contribution is 2.19. The highest BCUT2D eigenvalue weighted by molar-refractivity contribution is 6.00. The second kappa shape index (κ2) is 6.71. The van der Waals surface area contributed by atoms with Crippen LogP contribution >= 0.6 is 0 Å². The summed E-state index contributed by atoms with van der Waals surface area (Å²) in [4.78, 5) is 17.6. The van der Waals surface area contributed by atoms with Crippen LogP contribution in [0, 0.1) is 0 Å². The molecule has 2 rings (SSSR count). The number of hydrogen-bond acceptors (Lipinski definition) is 3. The molecule has 116 valence electrons. The third-order valence-corrected chi connectivity index (χ3v) is 4.45. The van der Waals surface area contributed by atoms with Crippen LogP contribution in [-0.4, -0.2) is 53.3 Å². The average Bonchev–Trinajstić information content (AvgIpc) is 2.48. The second-order valence-corrected chi connectivity index (χ2v) is 6.85.